The number of hydrogen-bond acceptors (Lipinski definition) is 8. The molecule has 0 radical (unpaired) electrons. The van der Waals surface area contributed by atoms with Gasteiger partial charge in [-0.25, -0.2) is 4.79 Å². The minimum Gasteiger partial charge on any atom is -0.480 e. The zero-order chi connectivity index (χ0) is 25.0. The second kappa shape index (κ2) is 14.2. The third-order valence-corrected chi connectivity index (χ3v) is 4.57. The fourth-order valence-corrected chi connectivity index (χ4v) is 2.82. The van der Waals surface area contributed by atoms with E-state index in [1.54, 1.807) is 13.8 Å². The Morgan fingerprint density at radius 1 is 0.844 bits per heavy atom. The zero-order valence-corrected chi connectivity index (χ0v) is 18.9. The van der Waals surface area contributed by atoms with Crippen molar-refractivity contribution in [3.63, 3.8) is 0 Å². The van der Waals surface area contributed by atoms with E-state index < -0.39 is 66.1 Å². The molecule has 32 heavy (non-hydrogen) atoms. The number of carboxylic acids is 1. The van der Waals surface area contributed by atoms with Crippen LogP contribution in [0.25, 0.3) is 0 Å². The van der Waals surface area contributed by atoms with E-state index in [0.717, 1.165) is 0 Å². The first-order valence-corrected chi connectivity index (χ1v) is 10.5. The van der Waals surface area contributed by atoms with Gasteiger partial charge in [0.25, 0.3) is 0 Å². The predicted octanol–water partition coefficient (Wildman–Crippen LogP) is -3.03. The lowest BCUT2D eigenvalue weighted by Crippen LogP contribution is -2.57. The van der Waals surface area contributed by atoms with Crippen LogP contribution in [0.5, 0.6) is 0 Å². The minimum absolute atomic E-state index is 0.0584. The van der Waals surface area contributed by atoms with Crippen LogP contribution in [0, 0.1) is 5.92 Å². The first-order valence-electron chi connectivity index (χ1n) is 9.85. The molecule has 0 rings (SSSR count). The van der Waals surface area contributed by atoms with Gasteiger partial charge < -0.3 is 38.3 Å². The molecule has 0 spiro atoms. The molecule has 5 amide bonds. The van der Waals surface area contributed by atoms with E-state index >= 15 is 0 Å². The van der Waals surface area contributed by atoms with Crippen molar-refractivity contribution in [1.29, 1.82) is 0 Å². The monoisotopic (exact) mass is 476 g/mol. The van der Waals surface area contributed by atoms with Crippen molar-refractivity contribution in [2.45, 2.75) is 63.7 Å². The Balaban J connectivity index is 5.49. The zero-order valence-electron chi connectivity index (χ0n) is 18.0. The van der Waals surface area contributed by atoms with Crippen molar-refractivity contribution in [2.75, 3.05) is 5.75 Å². The highest BCUT2D eigenvalue weighted by atomic mass is 32.1. The Bertz CT molecular complexity index is 718. The van der Waals surface area contributed by atoms with E-state index in [1.807, 2.05) is 0 Å². The molecule has 0 fully saturated rings. The van der Waals surface area contributed by atoms with Crippen molar-refractivity contribution in [2.24, 2.45) is 23.1 Å². The maximum atomic E-state index is 12.8. The fourth-order valence-electron chi connectivity index (χ4n) is 2.58. The molecule has 10 N–H and O–H groups in total. The number of carboxylic acid groups (broad SMARTS) is 1. The number of nitrogens with one attached hydrogen (secondary N) is 3. The summed E-state index contributed by atoms with van der Waals surface area (Å²) in [6.07, 6.45) is -0.720. The van der Waals surface area contributed by atoms with Crippen LogP contribution in [0.1, 0.15) is 39.5 Å². The number of aliphatic carboxylic acids is 1. The molecule has 0 aromatic rings. The lowest BCUT2D eigenvalue weighted by atomic mass is 10.0. The normalized spacial score (nSPS) is 14.5. The molecule has 0 saturated carbocycles. The van der Waals surface area contributed by atoms with Gasteiger partial charge in [0.15, 0.2) is 0 Å². The Labute approximate surface area is 191 Å². The third-order valence-electron chi connectivity index (χ3n) is 4.21. The second-order valence-corrected chi connectivity index (χ2v) is 7.98. The van der Waals surface area contributed by atoms with Gasteiger partial charge >= 0.3 is 5.97 Å². The molecule has 0 aliphatic carbocycles. The summed E-state index contributed by atoms with van der Waals surface area (Å²) in [5.74, 6) is -5.53. The summed E-state index contributed by atoms with van der Waals surface area (Å²) in [4.78, 5) is 70.9. The van der Waals surface area contributed by atoms with Gasteiger partial charge in [-0.15, -0.1) is 0 Å². The number of amides is 5. The molecular weight excluding hydrogens is 444 g/mol. The summed E-state index contributed by atoms with van der Waals surface area (Å²) in [6.45, 7) is 3.58. The minimum atomic E-state index is -1.33. The summed E-state index contributed by atoms with van der Waals surface area (Å²) >= 11 is 3.85. The fraction of sp³-hybridized carbons (Fsp3) is 0.667. The van der Waals surface area contributed by atoms with E-state index in [2.05, 4.69) is 28.6 Å². The van der Waals surface area contributed by atoms with Crippen LogP contribution >= 0.6 is 12.6 Å². The highest BCUT2D eigenvalue weighted by molar-refractivity contribution is 7.80. The molecule has 0 aliphatic rings. The van der Waals surface area contributed by atoms with E-state index in [1.165, 1.54) is 0 Å². The number of carbonyl (C=O) groups is 6. The quantitative estimate of drug-likeness (QED) is 0.113. The van der Waals surface area contributed by atoms with Crippen molar-refractivity contribution < 1.29 is 33.9 Å². The smallest absolute Gasteiger partial charge is 0.327 e. The third kappa shape index (κ3) is 11.5. The number of carbonyl (C=O) groups excluding carboxylic acids is 5. The van der Waals surface area contributed by atoms with Crippen molar-refractivity contribution >= 4 is 48.1 Å². The maximum absolute atomic E-state index is 12.8. The number of nitrogens with two attached hydrogens (primary N) is 3. The Morgan fingerprint density at radius 2 is 1.34 bits per heavy atom. The summed E-state index contributed by atoms with van der Waals surface area (Å²) in [6, 6.07) is -5.01. The van der Waals surface area contributed by atoms with Crippen LogP contribution in [-0.2, 0) is 28.8 Å². The van der Waals surface area contributed by atoms with Gasteiger partial charge in [-0.2, -0.15) is 12.6 Å². The van der Waals surface area contributed by atoms with E-state index in [-0.39, 0.29) is 30.9 Å². The van der Waals surface area contributed by atoms with E-state index in [4.69, 9.17) is 22.3 Å². The van der Waals surface area contributed by atoms with Crippen LogP contribution < -0.4 is 33.2 Å². The average molecular weight is 477 g/mol. The SMILES string of the molecule is CC(C)CC(NC(=O)C(N)CC(N)=O)C(=O)NC(CCC(N)=O)C(=O)NC(CS)C(=O)O. The number of rotatable bonds is 15. The van der Waals surface area contributed by atoms with Gasteiger partial charge in [0.2, 0.25) is 29.5 Å². The molecule has 182 valence electrons. The topological polar surface area (TPSA) is 237 Å². The molecule has 0 bridgehead atoms. The summed E-state index contributed by atoms with van der Waals surface area (Å²) in [5, 5.41) is 16.1. The lowest BCUT2D eigenvalue weighted by molar-refractivity contribution is -0.141. The Hall–Kier alpha value is -2.87. The van der Waals surface area contributed by atoms with Crippen molar-refractivity contribution in [3.8, 4) is 0 Å². The van der Waals surface area contributed by atoms with Crippen molar-refractivity contribution in [3.05, 3.63) is 0 Å². The molecule has 13 nitrogen and oxygen atoms in total. The van der Waals surface area contributed by atoms with Crippen LogP contribution in [0.15, 0.2) is 0 Å². The van der Waals surface area contributed by atoms with Crippen LogP contribution in [0.4, 0.5) is 0 Å². The second-order valence-electron chi connectivity index (χ2n) is 7.62. The molecule has 4 atom stereocenters. The molecule has 0 heterocycles. The Morgan fingerprint density at radius 3 is 1.78 bits per heavy atom. The summed E-state index contributed by atoms with van der Waals surface area (Å²) < 4.78 is 0. The van der Waals surface area contributed by atoms with Crippen LogP contribution in [0.3, 0.4) is 0 Å². The van der Waals surface area contributed by atoms with Gasteiger partial charge in [-0.1, -0.05) is 13.8 Å². The molecule has 0 aromatic heterocycles. The van der Waals surface area contributed by atoms with Gasteiger partial charge in [0, 0.05) is 12.2 Å². The van der Waals surface area contributed by atoms with Crippen molar-refractivity contribution in [1.82, 2.24) is 16.0 Å². The maximum Gasteiger partial charge on any atom is 0.327 e. The highest BCUT2D eigenvalue weighted by Gasteiger charge is 2.30. The van der Waals surface area contributed by atoms with E-state index in [0.29, 0.717) is 0 Å². The standard InChI is InChI=1S/C18H32N6O7S/c1-8(2)5-11(23-15(27)9(19)6-14(21)26)17(29)22-10(3-4-13(20)25)16(28)24-12(7-32)18(30)31/h8-12,32H,3-7,19H2,1-2H3,(H2,20,25)(H2,21,26)(H,22,29)(H,23,27)(H,24,28)(H,30,31). The highest BCUT2D eigenvalue weighted by Crippen LogP contribution is 2.08. The molecule has 0 aromatic carbocycles. The first kappa shape index (κ1) is 29.1. The molecule has 4 unspecified atom stereocenters. The summed E-state index contributed by atoms with van der Waals surface area (Å²) in [5.41, 5.74) is 15.7. The predicted molar refractivity (Wildman–Crippen MR) is 117 cm³/mol. The average Bonchev–Trinajstić information content (AvgIpc) is 2.66. The van der Waals surface area contributed by atoms with Crippen LogP contribution in [0.2, 0.25) is 0 Å². The largest absolute Gasteiger partial charge is 0.480 e. The van der Waals surface area contributed by atoms with Gasteiger partial charge in [0.1, 0.15) is 18.1 Å². The van der Waals surface area contributed by atoms with Gasteiger partial charge in [-0.05, 0) is 18.8 Å². The number of primary amides is 2. The van der Waals surface area contributed by atoms with E-state index in [9.17, 15) is 28.8 Å². The first-order chi connectivity index (χ1) is 14.8. The molecular formula is C18H32N6O7S. The Kier molecular flexibility index (Phi) is 13.0. The lowest BCUT2D eigenvalue weighted by Gasteiger charge is -2.25. The summed E-state index contributed by atoms with van der Waals surface area (Å²) in [7, 11) is 0. The molecule has 0 saturated heterocycles. The number of thiol groups is 1. The molecule has 0 aliphatic heterocycles. The van der Waals surface area contributed by atoms with Crippen LogP contribution in [-0.4, -0.2) is 70.5 Å². The molecule has 14 heteroatoms. The van der Waals surface area contributed by atoms with Gasteiger partial charge in [0.05, 0.1) is 12.5 Å². The number of hydrogen-bond donors (Lipinski definition) is 8. The van der Waals surface area contributed by atoms with Gasteiger partial charge in [-0.3, -0.25) is 24.0 Å².